The molecule has 0 bridgehead atoms. The van der Waals surface area contributed by atoms with Crippen molar-refractivity contribution in [2.45, 2.75) is 38.7 Å². The molecule has 1 rings (SSSR count). The van der Waals surface area contributed by atoms with Crippen LogP contribution in [0.5, 0.6) is 0 Å². The number of rotatable bonds is 3. The maximum atomic E-state index is 10.1. The van der Waals surface area contributed by atoms with Gasteiger partial charge in [0, 0.05) is 4.90 Å². The molecular formula is C13H20OS. The van der Waals surface area contributed by atoms with Gasteiger partial charge in [0.2, 0.25) is 0 Å². The van der Waals surface area contributed by atoms with E-state index in [2.05, 4.69) is 19.1 Å². The van der Waals surface area contributed by atoms with Crippen LogP contribution in [-0.2, 0) is 0 Å². The molecule has 0 aromatic heterocycles. The van der Waals surface area contributed by atoms with Gasteiger partial charge >= 0.3 is 0 Å². The van der Waals surface area contributed by atoms with Gasteiger partial charge in [0.05, 0.1) is 6.10 Å². The fourth-order valence-electron chi connectivity index (χ4n) is 1.41. The zero-order valence-corrected chi connectivity index (χ0v) is 10.8. The Bertz CT molecular complexity index is 297. The standard InChI is InChI=1S/C13H20OS/c1-5-15-11-8-6-10(7-9-11)12(14)13(2,3)4/h6-9,12,14H,5H2,1-4H3. The first kappa shape index (κ1) is 12.6. The molecular weight excluding hydrogens is 204 g/mol. The lowest BCUT2D eigenvalue weighted by molar-refractivity contribution is 0.0626. The SMILES string of the molecule is CCSc1ccc(C(O)C(C)(C)C)cc1. The van der Waals surface area contributed by atoms with Crippen LogP contribution in [0.25, 0.3) is 0 Å². The number of aliphatic hydroxyl groups is 1. The van der Waals surface area contributed by atoms with Crippen molar-refractivity contribution in [3.63, 3.8) is 0 Å². The Balaban J connectivity index is 2.80. The molecule has 1 aromatic rings. The quantitative estimate of drug-likeness (QED) is 0.786. The summed E-state index contributed by atoms with van der Waals surface area (Å²) >= 11 is 1.82. The van der Waals surface area contributed by atoms with Crippen LogP contribution in [0.15, 0.2) is 29.2 Å². The van der Waals surface area contributed by atoms with E-state index in [1.165, 1.54) is 4.90 Å². The third kappa shape index (κ3) is 3.54. The highest BCUT2D eigenvalue weighted by molar-refractivity contribution is 7.99. The summed E-state index contributed by atoms with van der Waals surface area (Å²) in [6, 6.07) is 8.21. The second-order valence-corrected chi connectivity index (χ2v) is 6.11. The minimum atomic E-state index is -0.391. The molecule has 1 nitrogen and oxygen atoms in total. The van der Waals surface area contributed by atoms with E-state index in [0.29, 0.717) is 0 Å². The maximum absolute atomic E-state index is 10.1. The first-order valence-electron chi connectivity index (χ1n) is 5.36. The van der Waals surface area contributed by atoms with Gasteiger partial charge in [0.1, 0.15) is 0 Å². The highest BCUT2D eigenvalue weighted by Gasteiger charge is 2.23. The molecule has 0 aliphatic rings. The topological polar surface area (TPSA) is 20.2 Å². The largest absolute Gasteiger partial charge is 0.388 e. The Morgan fingerprint density at radius 3 is 2.13 bits per heavy atom. The summed E-state index contributed by atoms with van der Waals surface area (Å²) in [6.45, 7) is 8.29. The van der Waals surface area contributed by atoms with Crippen LogP contribution < -0.4 is 0 Å². The Hall–Kier alpha value is -0.470. The molecule has 2 heteroatoms. The van der Waals surface area contributed by atoms with Crippen LogP contribution in [0.4, 0.5) is 0 Å². The lowest BCUT2D eigenvalue weighted by atomic mass is 9.85. The predicted octanol–water partition coefficient (Wildman–Crippen LogP) is 3.88. The average molecular weight is 224 g/mol. The lowest BCUT2D eigenvalue weighted by Gasteiger charge is -2.26. The Kier molecular flexibility index (Phi) is 4.23. The molecule has 15 heavy (non-hydrogen) atoms. The lowest BCUT2D eigenvalue weighted by Crippen LogP contribution is -2.17. The molecule has 0 fully saturated rings. The molecule has 1 atom stereocenters. The van der Waals surface area contributed by atoms with Crippen LogP contribution in [0.3, 0.4) is 0 Å². The molecule has 0 heterocycles. The van der Waals surface area contributed by atoms with Gasteiger partial charge in [-0.25, -0.2) is 0 Å². The van der Waals surface area contributed by atoms with Crippen molar-refractivity contribution in [1.29, 1.82) is 0 Å². The zero-order chi connectivity index (χ0) is 11.5. The van der Waals surface area contributed by atoms with Gasteiger partial charge in [0.25, 0.3) is 0 Å². The third-order valence-electron chi connectivity index (χ3n) is 2.33. The first-order chi connectivity index (χ1) is 6.95. The van der Waals surface area contributed by atoms with E-state index in [4.69, 9.17) is 0 Å². The van der Waals surface area contributed by atoms with Crippen molar-refractivity contribution in [2.75, 3.05) is 5.75 Å². The van der Waals surface area contributed by atoms with Crippen molar-refractivity contribution < 1.29 is 5.11 Å². The predicted molar refractivity (Wildman–Crippen MR) is 67.3 cm³/mol. The van der Waals surface area contributed by atoms with Crippen LogP contribution in [0.1, 0.15) is 39.4 Å². The van der Waals surface area contributed by atoms with Crippen LogP contribution in [-0.4, -0.2) is 10.9 Å². The average Bonchev–Trinajstić information content (AvgIpc) is 2.17. The van der Waals surface area contributed by atoms with Crippen molar-refractivity contribution in [1.82, 2.24) is 0 Å². The Morgan fingerprint density at radius 2 is 1.73 bits per heavy atom. The molecule has 1 aromatic carbocycles. The molecule has 0 amide bonds. The van der Waals surface area contributed by atoms with Gasteiger partial charge in [-0.15, -0.1) is 11.8 Å². The number of thioether (sulfide) groups is 1. The molecule has 1 N–H and O–H groups in total. The summed E-state index contributed by atoms with van der Waals surface area (Å²) in [6.07, 6.45) is -0.391. The summed E-state index contributed by atoms with van der Waals surface area (Å²) in [5, 5.41) is 10.1. The number of hydrogen-bond acceptors (Lipinski definition) is 2. The van der Waals surface area contributed by atoms with Crippen LogP contribution >= 0.6 is 11.8 Å². The van der Waals surface area contributed by atoms with Gasteiger partial charge in [0.15, 0.2) is 0 Å². The van der Waals surface area contributed by atoms with Crippen LogP contribution in [0.2, 0.25) is 0 Å². The maximum Gasteiger partial charge on any atom is 0.0838 e. The first-order valence-corrected chi connectivity index (χ1v) is 6.34. The van der Waals surface area contributed by atoms with Gasteiger partial charge in [-0.05, 0) is 28.9 Å². The Morgan fingerprint density at radius 1 is 1.20 bits per heavy atom. The van der Waals surface area contributed by atoms with Gasteiger partial charge in [-0.2, -0.15) is 0 Å². The van der Waals surface area contributed by atoms with Crippen molar-refractivity contribution in [3.8, 4) is 0 Å². The Labute approximate surface area is 96.9 Å². The van der Waals surface area contributed by atoms with E-state index in [1.54, 1.807) is 0 Å². The number of hydrogen-bond donors (Lipinski definition) is 1. The van der Waals surface area contributed by atoms with Crippen molar-refractivity contribution >= 4 is 11.8 Å². The highest BCUT2D eigenvalue weighted by Crippen LogP contribution is 2.33. The van der Waals surface area contributed by atoms with Gasteiger partial charge in [-0.3, -0.25) is 0 Å². The van der Waals surface area contributed by atoms with E-state index >= 15 is 0 Å². The molecule has 0 spiro atoms. The van der Waals surface area contributed by atoms with E-state index in [0.717, 1.165) is 11.3 Å². The molecule has 0 saturated heterocycles. The number of benzene rings is 1. The molecule has 1 unspecified atom stereocenters. The minimum absolute atomic E-state index is 0.0978. The van der Waals surface area contributed by atoms with E-state index in [-0.39, 0.29) is 5.41 Å². The highest BCUT2D eigenvalue weighted by atomic mass is 32.2. The summed E-state index contributed by atoms with van der Waals surface area (Å²) in [5.41, 5.74) is 0.905. The molecule has 84 valence electrons. The third-order valence-corrected chi connectivity index (χ3v) is 3.22. The van der Waals surface area contributed by atoms with Crippen molar-refractivity contribution in [2.24, 2.45) is 5.41 Å². The second kappa shape index (κ2) is 5.04. The zero-order valence-electron chi connectivity index (χ0n) is 9.95. The van der Waals surface area contributed by atoms with Gasteiger partial charge in [-0.1, -0.05) is 39.8 Å². The van der Waals surface area contributed by atoms with Gasteiger partial charge < -0.3 is 5.11 Å². The molecule has 0 aliphatic carbocycles. The van der Waals surface area contributed by atoms with Crippen molar-refractivity contribution in [3.05, 3.63) is 29.8 Å². The molecule has 0 radical (unpaired) electrons. The van der Waals surface area contributed by atoms with E-state index in [1.807, 2.05) is 44.7 Å². The normalized spacial score (nSPS) is 13.9. The number of aliphatic hydroxyl groups excluding tert-OH is 1. The summed E-state index contributed by atoms with van der Waals surface area (Å²) in [4.78, 5) is 1.27. The fourth-order valence-corrected chi connectivity index (χ4v) is 2.07. The molecule has 0 saturated carbocycles. The monoisotopic (exact) mass is 224 g/mol. The van der Waals surface area contributed by atoms with Crippen LogP contribution in [0, 0.1) is 5.41 Å². The molecule has 0 aliphatic heterocycles. The van der Waals surface area contributed by atoms with E-state index < -0.39 is 6.10 Å². The minimum Gasteiger partial charge on any atom is -0.388 e. The smallest absolute Gasteiger partial charge is 0.0838 e. The fraction of sp³-hybridized carbons (Fsp3) is 0.538. The summed E-state index contributed by atoms with van der Waals surface area (Å²) in [7, 11) is 0. The second-order valence-electron chi connectivity index (χ2n) is 4.77. The summed E-state index contributed by atoms with van der Waals surface area (Å²) in [5.74, 6) is 1.08. The summed E-state index contributed by atoms with van der Waals surface area (Å²) < 4.78 is 0. The van der Waals surface area contributed by atoms with E-state index in [9.17, 15) is 5.11 Å².